The number of rotatable bonds is 6. The smallest absolute Gasteiger partial charge is 0.310 e. The number of para-hydroxylation sites is 1. The van der Waals surface area contributed by atoms with Crippen LogP contribution in [0.1, 0.15) is 15.9 Å². The van der Waals surface area contributed by atoms with E-state index in [1.165, 1.54) is 24.5 Å². The number of imide groups is 1. The number of thiophene rings is 1. The predicted octanol–water partition coefficient (Wildman–Crippen LogP) is 1.80. The van der Waals surface area contributed by atoms with Gasteiger partial charge in [0, 0.05) is 0 Å². The SMILES string of the molecule is COc1ccccc1C(=O)NC(=O)COC(=O)Cc1ccsc1. The number of benzene rings is 1. The van der Waals surface area contributed by atoms with Crippen molar-refractivity contribution in [1.82, 2.24) is 5.32 Å². The number of ether oxygens (including phenoxy) is 2. The Morgan fingerprint density at radius 1 is 1.17 bits per heavy atom. The van der Waals surface area contributed by atoms with Crippen molar-refractivity contribution < 1.29 is 23.9 Å². The molecule has 2 aromatic rings. The lowest BCUT2D eigenvalue weighted by Crippen LogP contribution is -2.34. The molecule has 0 atom stereocenters. The van der Waals surface area contributed by atoms with Gasteiger partial charge in [0.25, 0.3) is 11.8 Å². The molecule has 120 valence electrons. The number of hydrogen-bond donors (Lipinski definition) is 1. The number of carbonyl (C=O) groups is 3. The maximum atomic E-state index is 12.0. The Labute approximate surface area is 137 Å². The summed E-state index contributed by atoms with van der Waals surface area (Å²) >= 11 is 1.47. The Hall–Kier alpha value is -2.67. The van der Waals surface area contributed by atoms with Crippen molar-refractivity contribution in [1.29, 1.82) is 0 Å². The van der Waals surface area contributed by atoms with Crippen LogP contribution in [-0.2, 0) is 20.7 Å². The molecule has 1 N–H and O–H groups in total. The van der Waals surface area contributed by atoms with Crippen LogP contribution in [0.15, 0.2) is 41.1 Å². The van der Waals surface area contributed by atoms with Gasteiger partial charge >= 0.3 is 5.97 Å². The topological polar surface area (TPSA) is 81.7 Å². The zero-order chi connectivity index (χ0) is 16.7. The molecule has 0 bridgehead atoms. The molecule has 2 rings (SSSR count). The number of nitrogens with one attached hydrogen (secondary N) is 1. The average Bonchev–Trinajstić information content (AvgIpc) is 3.05. The van der Waals surface area contributed by atoms with Gasteiger partial charge in [0.2, 0.25) is 0 Å². The van der Waals surface area contributed by atoms with Crippen LogP contribution in [0.3, 0.4) is 0 Å². The van der Waals surface area contributed by atoms with E-state index in [9.17, 15) is 14.4 Å². The zero-order valence-corrected chi connectivity index (χ0v) is 13.2. The van der Waals surface area contributed by atoms with Crippen LogP contribution in [0.2, 0.25) is 0 Å². The molecular formula is C16H15NO5S. The molecule has 1 heterocycles. The molecule has 0 fully saturated rings. The highest BCUT2D eigenvalue weighted by Crippen LogP contribution is 2.16. The van der Waals surface area contributed by atoms with Crippen molar-refractivity contribution >= 4 is 29.1 Å². The fraction of sp³-hybridized carbons (Fsp3) is 0.188. The van der Waals surface area contributed by atoms with Crippen molar-refractivity contribution in [2.75, 3.05) is 13.7 Å². The van der Waals surface area contributed by atoms with Crippen LogP contribution in [0, 0.1) is 0 Å². The minimum Gasteiger partial charge on any atom is -0.496 e. The molecule has 0 aliphatic carbocycles. The van der Waals surface area contributed by atoms with Gasteiger partial charge in [-0.05, 0) is 34.5 Å². The molecule has 0 unspecified atom stereocenters. The fourth-order valence-electron chi connectivity index (χ4n) is 1.82. The summed E-state index contributed by atoms with van der Waals surface area (Å²) in [5.41, 5.74) is 1.05. The Morgan fingerprint density at radius 3 is 2.65 bits per heavy atom. The lowest BCUT2D eigenvalue weighted by molar-refractivity contribution is -0.147. The van der Waals surface area contributed by atoms with Crippen molar-refractivity contribution in [2.45, 2.75) is 6.42 Å². The minimum atomic E-state index is -0.695. The van der Waals surface area contributed by atoms with Crippen LogP contribution >= 0.6 is 11.3 Å². The summed E-state index contributed by atoms with van der Waals surface area (Å²) in [5, 5.41) is 5.83. The molecule has 0 spiro atoms. The molecule has 0 aliphatic rings. The van der Waals surface area contributed by atoms with E-state index in [-0.39, 0.29) is 12.0 Å². The first kappa shape index (κ1) is 16.7. The fourth-order valence-corrected chi connectivity index (χ4v) is 2.49. The molecule has 0 saturated heterocycles. The number of esters is 1. The summed E-state index contributed by atoms with van der Waals surface area (Å²) < 4.78 is 9.89. The van der Waals surface area contributed by atoms with Crippen LogP contribution in [0.5, 0.6) is 5.75 Å². The van der Waals surface area contributed by atoms with Crippen LogP contribution in [0.25, 0.3) is 0 Å². The highest BCUT2D eigenvalue weighted by Gasteiger charge is 2.16. The lowest BCUT2D eigenvalue weighted by Gasteiger charge is -2.08. The quantitative estimate of drug-likeness (QED) is 0.815. The predicted molar refractivity (Wildman–Crippen MR) is 84.4 cm³/mol. The standard InChI is InChI=1S/C16H15NO5S/c1-21-13-5-3-2-4-12(13)16(20)17-14(18)9-22-15(19)8-11-6-7-23-10-11/h2-7,10H,8-9H2,1H3,(H,17,18,20). The summed E-state index contributed by atoms with van der Waals surface area (Å²) in [4.78, 5) is 35.2. The highest BCUT2D eigenvalue weighted by molar-refractivity contribution is 7.07. The third-order valence-electron chi connectivity index (χ3n) is 2.90. The Balaban J connectivity index is 1.82. The Kier molecular flexibility index (Phi) is 5.87. The van der Waals surface area contributed by atoms with Gasteiger partial charge in [-0.1, -0.05) is 12.1 Å². The Morgan fingerprint density at radius 2 is 1.96 bits per heavy atom. The van der Waals surface area contributed by atoms with Gasteiger partial charge in [-0.25, -0.2) is 0 Å². The van der Waals surface area contributed by atoms with E-state index in [0.29, 0.717) is 5.75 Å². The van der Waals surface area contributed by atoms with Gasteiger partial charge in [0.1, 0.15) is 5.75 Å². The molecule has 7 heteroatoms. The average molecular weight is 333 g/mol. The molecule has 0 radical (unpaired) electrons. The van der Waals surface area contributed by atoms with Crippen molar-refractivity contribution in [3.05, 3.63) is 52.2 Å². The molecule has 1 aromatic heterocycles. The molecule has 23 heavy (non-hydrogen) atoms. The molecular weight excluding hydrogens is 318 g/mol. The summed E-state index contributed by atoms with van der Waals surface area (Å²) in [6.45, 7) is -0.510. The monoisotopic (exact) mass is 333 g/mol. The maximum Gasteiger partial charge on any atom is 0.310 e. The first-order valence-electron chi connectivity index (χ1n) is 6.74. The second kappa shape index (κ2) is 8.09. The molecule has 0 saturated carbocycles. The maximum absolute atomic E-state index is 12.0. The van der Waals surface area contributed by atoms with E-state index in [1.54, 1.807) is 24.3 Å². The van der Waals surface area contributed by atoms with Crippen molar-refractivity contribution in [3.63, 3.8) is 0 Å². The van der Waals surface area contributed by atoms with Crippen LogP contribution < -0.4 is 10.1 Å². The van der Waals surface area contributed by atoms with Gasteiger partial charge in [0.15, 0.2) is 6.61 Å². The molecule has 0 aliphatic heterocycles. The van der Waals surface area contributed by atoms with E-state index in [2.05, 4.69) is 5.32 Å². The number of amides is 2. The van der Waals surface area contributed by atoms with Crippen LogP contribution in [0.4, 0.5) is 0 Å². The third-order valence-corrected chi connectivity index (χ3v) is 3.63. The summed E-state index contributed by atoms with van der Waals surface area (Å²) in [7, 11) is 1.43. The molecule has 2 amide bonds. The zero-order valence-electron chi connectivity index (χ0n) is 12.4. The normalized spacial score (nSPS) is 9.96. The van der Waals surface area contributed by atoms with Gasteiger partial charge in [0.05, 0.1) is 19.1 Å². The van der Waals surface area contributed by atoms with Crippen LogP contribution in [-0.4, -0.2) is 31.5 Å². The number of carbonyl (C=O) groups excluding carboxylic acids is 3. The lowest BCUT2D eigenvalue weighted by atomic mass is 10.2. The first-order valence-corrected chi connectivity index (χ1v) is 7.68. The van der Waals surface area contributed by atoms with E-state index >= 15 is 0 Å². The van der Waals surface area contributed by atoms with E-state index < -0.39 is 24.4 Å². The van der Waals surface area contributed by atoms with E-state index in [1.807, 2.05) is 10.8 Å². The van der Waals surface area contributed by atoms with E-state index in [0.717, 1.165) is 5.56 Å². The van der Waals surface area contributed by atoms with Crippen molar-refractivity contribution in [3.8, 4) is 5.75 Å². The van der Waals surface area contributed by atoms with Gasteiger partial charge < -0.3 is 9.47 Å². The second-order valence-corrected chi connectivity index (χ2v) is 5.33. The summed E-state index contributed by atoms with van der Waals surface area (Å²) in [6, 6.07) is 8.31. The molecule has 6 nitrogen and oxygen atoms in total. The van der Waals surface area contributed by atoms with Crippen molar-refractivity contribution in [2.24, 2.45) is 0 Å². The third kappa shape index (κ3) is 4.93. The highest BCUT2D eigenvalue weighted by atomic mass is 32.1. The summed E-state index contributed by atoms with van der Waals surface area (Å²) in [5.74, 6) is -1.48. The number of hydrogen-bond acceptors (Lipinski definition) is 6. The Bertz CT molecular complexity index is 696. The first-order chi connectivity index (χ1) is 11.1. The number of methoxy groups -OCH3 is 1. The molecule has 1 aromatic carbocycles. The minimum absolute atomic E-state index is 0.0945. The largest absolute Gasteiger partial charge is 0.496 e. The van der Waals surface area contributed by atoms with Gasteiger partial charge in [-0.15, -0.1) is 0 Å². The summed E-state index contributed by atoms with van der Waals surface area (Å²) in [6.07, 6.45) is 0.0945. The van der Waals surface area contributed by atoms with Gasteiger partial charge in [-0.3, -0.25) is 19.7 Å². The van der Waals surface area contributed by atoms with E-state index in [4.69, 9.17) is 9.47 Å². The van der Waals surface area contributed by atoms with Gasteiger partial charge in [-0.2, -0.15) is 11.3 Å². The second-order valence-electron chi connectivity index (χ2n) is 4.55.